The maximum Gasteiger partial charge on any atom is 0.214 e. The molecule has 1 fully saturated rings. The van der Waals surface area contributed by atoms with Crippen LogP contribution in [0.3, 0.4) is 0 Å². The molecule has 1 N–H and O–H groups in total. The molecular formula is C11H24N2O2S. The zero-order chi connectivity index (χ0) is 12.0. The van der Waals surface area contributed by atoms with Crippen molar-refractivity contribution < 1.29 is 8.42 Å². The summed E-state index contributed by atoms with van der Waals surface area (Å²) >= 11 is 0. The maximum atomic E-state index is 12.0. The van der Waals surface area contributed by atoms with Gasteiger partial charge in [0.1, 0.15) is 0 Å². The number of rotatable bonds is 9. The summed E-state index contributed by atoms with van der Waals surface area (Å²) in [6.45, 7) is 4.17. The standard InChI is InChI=1S/C11H24N2O2S/c1-3-13(10-11-6-7-11)16(14,15)9-5-4-8-12-2/h11-12H,3-10H2,1-2H3. The van der Waals surface area contributed by atoms with Crippen molar-refractivity contribution in [2.24, 2.45) is 5.92 Å². The molecule has 5 heteroatoms. The molecule has 1 saturated carbocycles. The van der Waals surface area contributed by atoms with E-state index in [2.05, 4.69) is 5.32 Å². The molecule has 0 amide bonds. The second-order valence-corrected chi connectivity index (χ2v) is 6.61. The van der Waals surface area contributed by atoms with Gasteiger partial charge in [0.25, 0.3) is 0 Å². The monoisotopic (exact) mass is 248 g/mol. The topological polar surface area (TPSA) is 49.4 Å². The number of sulfonamides is 1. The summed E-state index contributed by atoms with van der Waals surface area (Å²) in [7, 11) is -1.11. The van der Waals surface area contributed by atoms with Crippen molar-refractivity contribution in [3.05, 3.63) is 0 Å². The van der Waals surface area contributed by atoms with Crippen molar-refractivity contribution in [1.82, 2.24) is 9.62 Å². The lowest BCUT2D eigenvalue weighted by molar-refractivity contribution is 0.411. The van der Waals surface area contributed by atoms with Gasteiger partial charge in [-0.15, -0.1) is 0 Å². The van der Waals surface area contributed by atoms with Crippen molar-refractivity contribution in [2.45, 2.75) is 32.6 Å². The van der Waals surface area contributed by atoms with Gasteiger partial charge in [-0.2, -0.15) is 0 Å². The van der Waals surface area contributed by atoms with E-state index in [0.717, 1.165) is 25.9 Å². The highest BCUT2D eigenvalue weighted by molar-refractivity contribution is 7.89. The second-order valence-electron chi connectivity index (χ2n) is 4.52. The van der Waals surface area contributed by atoms with Gasteiger partial charge in [0.05, 0.1) is 5.75 Å². The lowest BCUT2D eigenvalue weighted by Crippen LogP contribution is -2.34. The molecule has 96 valence electrons. The number of nitrogens with one attached hydrogen (secondary N) is 1. The Morgan fingerprint density at radius 2 is 2.00 bits per heavy atom. The molecule has 0 aromatic heterocycles. The Bertz CT molecular complexity index is 286. The minimum atomic E-state index is -3.00. The zero-order valence-corrected chi connectivity index (χ0v) is 11.2. The van der Waals surface area contributed by atoms with Gasteiger partial charge in [-0.3, -0.25) is 0 Å². The van der Waals surface area contributed by atoms with E-state index < -0.39 is 10.0 Å². The minimum absolute atomic E-state index is 0.301. The van der Waals surface area contributed by atoms with E-state index in [1.165, 1.54) is 12.8 Å². The Morgan fingerprint density at radius 1 is 1.31 bits per heavy atom. The molecule has 16 heavy (non-hydrogen) atoms. The summed E-state index contributed by atoms with van der Waals surface area (Å²) in [5, 5.41) is 3.03. The Morgan fingerprint density at radius 3 is 2.50 bits per heavy atom. The van der Waals surface area contributed by atoms with Crippen LogP contribution in [0.4, 0.5) is 0 Å². The van der Waals surface area contributed by atoms with Crippen LogP contribution in [0.25, 0.3) is 0 Å². The predicted octanol–water partition coefficient (Wildman–Crippen LogP) is 1.05. The van der Waals surface area contributed by atoms with E-state index in [0.29, 0.717) is 18.2 Å². The largest absolute Gasteiger partial charge is 0.320 e. The summed E-state index contributed by atoms with van der Waals surface area (Å²) in [5.74, 6) is 0.932. The van der Waals surface area contributed by atoms with Crippen LogP contribution in [0.5, 0.6) is 0 Å². The average molecular weight is 248 g/mol. The molecule has 0 radical (unpaired) electrons. The molecular weight excluding hydrogens is 224 g/mol. The van der Waals surface area contributed by atoms with Gasteiger partial charge in [0.2, 0.25) is 10.0 Å². The Kier molecular flexibility index (Phi) is 5.72. The van der Waals surface area contributed by atoms with E-state index in [9.17, 15) is 8.42 Å². The summed E-state index contributed by atoms with van der Waals surface area (Å²) in [4.78, 5) is 0. The Hall–Kier alpha value is -0.130. The number of nitrogens with zero attached hydrogens (tertiary/aromatic N) is 1. The molecule has 1 aliphatic carbocycles. The quantitative estimate of drug-likeness (QED) is 0.620. The molecule has 0 aromatic carbocycles. The average Bonchev–Trinajstić information content (AvgIpc) is 3.04. The van der Waals surface area contributed by atoms with Crippen LogP contribution < -0.4 is 5.32 Å². The molecule has 0 aromatic rings. The summed E-state index contributed by atoms with van der Waals surface area (Å²) in [6.07, 6.45) is 4.08. The first kappa shape index (κ1) is 13.9. The first-order chi connectivity index (χ1) is 7.60. The highest BCUT2D eigenvalue weighted by Gasteiger charge is 2.29. The van der Waals surface area contributed by atoms with Crippen molar-refractivity contribution in [3.63, 3.8) is 0 Å². The van der Waals surface area contributed by atoms with Gasteiger partial charge in [-0.05, 0) is 45.2 Å². The predicted molar refractivity (Wildman–Crippen MR) is 66.9 cm³/mol. The van der Waals surface area contributed by atoms with E-state index >= 15 is 0 Å². The fourth-order valence-corrected chi connectivity index (χ4v) is 3.40. The van der Waals surface area contributed by atoms with Crippen LogP contribution in [0, 0.1) is 5.92 Å². The van der Waals surface area contributed by atoms with Gasteiger partial charge in [0, 0.05) is 13.1 Å². The highest BCUT2D eigenvalue weighted by atomic mass is 32.2. The molecule has 0 aliphatic heterocycles. The van der Waals surface area contributed by atoms with Gasteiger partial charge >= 0.3 is 0 Å². The van der Waals surface area contributed by atoms with Gasteiger partial charge in [-0.25, -0.2) is 12.7 Å². The van der Waals surface area contributed by atoms with E-state index in [4.69, 9.17) is 0 Å². The van der Waals surface area contributed by atoms with E-state index in [-0.39, 0.29) is 0 Å². The summed E-state index contributed by atoms with van der Waals surface area (Å²) in [5.41, 5.74) is 0. The van der Waals surface area contributed by atoms with Crippen molar-refractivity contribution in [2.75, 3.05) is 32.4 Å². The lowest BCUT2D eigenvalue weighted by Gasteiger charge is -2.20. The molecule has 0 heterocycles. The molecule has 1 rings (SSSR count). The third-order valence-corrected chi connectivity index (χ3v) is 4.98. The molecule has 4 nitrogen and oxygen atoms in total. The summed E-state index contributed by atoms with van der Waals surface area (Å²) in [6, 6.07) is 0. The fourth-order valence-electron chi connectivity index (χ4n) is 1.74. The van der Waals surface area contributed by atoms with E-state index in [1.807, 2.05) is 14.0 Å². The van der Waals surface area contributed by atoms with Crippen LogP contribution in [-0.2, 0) is 10.0 Å². The highest BCUT2D eigenvalue weighted by Crippen LogP contribution is 2.30. The first-order valence-corrected chi connectivity index (χ1v) is 7.83. The SMILES string of the molecule is CCN(CC1CC1)S(=O)(=O)CCCCNC. The first-order valence-electron chi connectivity index (χ1n) is 6.22. The Balaban J connectivity index is 2.33. The third-order valence-electron chi connectivity index (χ3n) is 2.98. The van der Waals surface area contributed by atoms with Gasteiger partial charge in [-0.1, -0.05) is 6.92 Å². The number of unbranched alkanes of at least 4 members (excludes halogenated alkanes) is 1. The van der Waals surface area contributed by atoms with Crippen LogP contribution in [0.1, 0.15) is 32.6 Å². The van der Waals surface area contributed by atoms with E-state index in [1.54, 1.807) is 4.31 Å². The van der Waals surface area contributed by atoms with Crippen LogP contribution in [0.2, 0.25) is 0 Å². The lowest BCUT2D eigenvalue weighted by atomic mass is 10.3. The molecule has 0 atom stereocenters. The van der Waals surface area contributed by atoms with Crippen LogP contribution in [0.15, 0.2) is 0 Å². The van der Waals surface area contributed by atoms with Crippen LogP contribution in [-0.4, -0.2) is 45.2 Å². The van der Waals surface area contributed by atoms with Crippen molar-refractivity contribution in [1.29, 1.82) is 0 Å². The summed E-state index contributed by atoms with van der Waals surface area (Å²) < 4.78 is 25.6. The minimum Gasteiger partial charge on any atom is -0.320 e. The van der Waals surface area contributed by atoms with Gasteiger partial charge in [0.15, 0.2) is 0 Å². The third kappa shape index (κ3) is 4.80. The zero-order valence-electron chi connectivity index (χ0n) is 10.4. The van der Waals surface area contributed by atoms with Crippen molar-refractivity contribution in [3.8, 4) is 0 Å². The fraction of sp³-hybridized carbons (Fsp3) is 1.00. The van der Waals surface area contributed by atoms with Crippen molar-refractivity contribution >= 4 is 10.0 Å². The van der Waals surface area contributed by atoms with Crippen LogP contribution >= 0.6 is 0 Å². The molecule has 0 spiro atoms. The molecule has 0 saturated heterocycles. The normalized spacial score (nSPS) is 16.9. The number of hydrogen-bond donors (Lipinski definition) is 1. The Labute approximate surface area is 99.5 Å². The maximum absolute atomic E-state index is 12.0. The van der Waals surface area contributed by atoms with Gasteiger partial charge < -0.3 is 5.32 Å². The molecule has 0 unspecified atom stereocenters. The molecule has 1 aliphatic rings. The molecule has 0 bridgehead atoms. The smallest absolute Gasteiger partial charge is 0.214 e. The second kappa shape index (κ2) is 6.57. The number of hydrogen-bond acceptors (Lipinski definition) is 3.